The number of hydrogen-bond acceptors (Lipinski definition) is 4. The number of aromatic amines is 1. The number of carbonyl (C=O) groups is 3. The highest BCUT2D eigenvalue weighted by Crippen LogP contribution is 2.35. The molecule has 36 heavy (non-hydrogen) atoms. The zero-order valence-corrected chi connectivity index (χ0v) is 20.3. The number of fused-ring (bicyclic) bond motifs is 1. The van der Waals surface area contributed by atoms with Gasteiger partial charge in [0, 0.05) is 28.2 Å². The Bertz CT molecular complexity index is 1390. The summed E-state index contributed by atoms with van der Waals surface area (Å²) in [4.78, 5) is 40.8. The van der Waals surface area contributed by atoms with Crippen LogP contribution in [0.2, 0.25) is 0 Å². The van der Waals surface area contributed by atoms with Crippen LogP contribution in [-0.2, 0) is 9.59 Å². The van der Waals surface area contributed by atoms with E-state index in [1.165, 1.54) is 19.1 Å². The normalized spacial score (nSPS) is 15.3. The Hall–Kier alpha value is -4.24. The highest BCUT2D eigenvalue weighted by molar-refractivity contribution is 6.35. The maximum absolute atomic E-state index is 13.2. The lowest BCUT2D eigenvalue weighted by atomic mass is 10.0. The van der Waals surface area contributed by atoms with Crippen molar-refractivity contribution >= 4 is 40.7 Å². The third-order valence-corrected chi connectivity index (χ3v) is 6.17. The van der Waals surface area contributed by atoms with Crippen LogP contribution in [0.15, 0.2) is 42.5 Å². The van der Waals surface area contributed by atoms with E-state index in [0.717, 1.165) is 5.56 Å². The highest BCUT2D eigenvalue weighted by atomic mass is 19.1. The highest BCUT2D eigenvalue weighted by Gasteiger charge is 2.27. The molecule has 8 nitrogen and oxygen atoms in total. The lowest BCUT2D eigenvalue weighted by Gasteiger charge is -2.15. The summed E-state index contributed by atoms with van der Waals surface area (Å²) in [5.74, 6) is -1.53. The van der Waals surface area contributed by atoms with Gasteiger partial charge in [-0.15, -0.1) is 0 Å². The Kier molecular flexibility index (Phi) is 6.76. The fourth-order valence-corrected chi connectivity index (χ4v) is 4.07. The third kappa shape index (κ3) is 4.92. The van der Waals surface area contributed by atoms with Crippen LogP contribution in [0.4, 0.5) is 15.8 Å². The third-order valence-electron chi connectivity index (χ3n) is 6.17. The van der Waals surface area contributed by atoms with Crippen molar-refractivity contribution in [1.82, 2.24) is 10.3 Å². The summed E-state index contributed by atoms with van der Waals surface area (Å²) in [7, 11) is 0. The number of rotatable bonds is 6. The first-order valence-electron chi connectivity index (χ1n) is 11.5. The van der Waals surface area contributed by atoms with E-state index >= 15 is 0 Å². The van der Waals surface area contributed by atoms with Crippen molar-refractivity contribution in [3.05, 3.63) is 81.9 Å². The zero-order valence-electron chi connectivity index (χ0n) is 20.3. The number of nitrogens with one attached hydrogen (secondary N) is 4. The van der Waals surface area contributed by atoms with Crippen LogP contribution in [0.1, 0.15) is 58.3 Å². The molecule has 1 aliphatic heterocycles. The molecule has 9 heteroatoms. The quantitative estimate of drug-likeness (QED) is 0.334. The lowest BCUT2D eigenvalue weighted by Crippen LogP contribution is -2.26. The number of anilines is 2. The maximum atomic E-state index is 13.2. The van der Waals surface area contributed by atoms with Gasteiger partial charge in [-0.1, -0.05) is 12.1 Å². The van der Waals surface area contributed by atoms with Crippen molar-refractivity contribution in [3.63, 3.8) is 0 Å². The van der Waals surface area contributed by atoms with Gasteiger partial charge in [0.15, 0.2) is 0 Å². The molecule has 0 aliphatic carbocycles. The molecule has 0 unspecified atom stereocenters. The van der Waals surface area contributed by atoms with Crippen LogP contribution >= 0.6 is 0 Å². The molecule has 2 atom stereocenters. The van der Waals surface area contributed by atoms with Gasteiger partial charge < -0.3 is 26.0 Å². The molecule has 3 aromatic rings. The smallest absolute Gasteiger partial charge is 0.256 e. The molecule has 1 aliphatic rings. The van der Waals surface area contributed by atoms with Crippen LogP contribution in [0, 0.1) is 19.7 Å². The number of benzene rings is 2. The van der Waals surface area contributed by atoms with Crippen molar-refractivity contribution in [2.24, 2.45) is 0 Å². The summed E-state index contributed by atoms with van der Waals surface area (Å²) in [6.45, 7) is 6.75. The number of hydrogen-bond donors (Lipinski definition) is 5. The predicted molar refractivity (Wildman–Crippen MR) is 136 cm³/mol. The zero-order chi connectivity index (χ0) is 26.1. The molecule has 0 radical (unpaired) electrons. The minimum Gasteiger partial charge on any atom is -0.384 e. The summed E-state index contributed by atoms with van der Waals surface area (Å²) in [6.07, 6.45) is 0.507. The average Bonchev–Trinajstić information content (AvgIpc) is 3.29. The van der Waals surface area contributed by atoms with E-state index in [1.807, 2.05) is 0 Å². The summed E-state index contributed by atoms with van der Waals surface area (Å²) in [5, 5.41) is 17.9. The van der Waals surface area contributed by atoms with E-state index in [1.54, 1.807) is 57.2 Å². The number of aryl methyl sites for hydroxylation is 1. The van der Waals surface area contributed by atoms with Crippen molar-refractivity contribution < 1.29 is 23.9 Å². The predicted octanol–water partition coefficient (Wildman–Crippen LogP) is 4.07. The minimum absolute atomic E-state index is 0.316. The van der Waals surface area contributed by atoms with Gasteiger partial charge in [0.05, 0.1) is 17.3 Å². The molecule has 2 heterocycles. The second-order valence-electron chi connectivity index (χ2n) is 8.85. The Balaban J connectivity index is 1.61. The van der Waals surface area contributed by atoms with E-state index in [0.29, 0.717) is 45.0 Å². The molecule has 1 aromatic heterocycles. The molecule has 0 saturated carbocycles. The van der Waals surface area contributed by atoms with Crippen LogP contribution in [0.5, 0.6) is 0 Å². The standard InChI is InChI=1S/C27H27FN4O4/c1-13-23(29-15(3)24(13)32-25(34)16(4)33)12-21-20-11-18(7-10-22(20)31-27(21)36)26(35)30-14(2)17-5-8-19(28)9-6-17/h5-12,14,16,29,33H,1-4H3,(H,30,35)(H,31,36)(H,32,34)/b21-12-/t14-,16-/m1/s1. The molecule has 3 amide bonds. The molecule has 5 N–H and O–H groups in total. The lowest BCUT2D eigenvalue weighted by molar-refractivity contribution is -0.123. The first kappa shape index (κ1) is 24.9. The van der Waals surface area contributed by atoms with Crippen LogP contribution in [-0.4, -0.2) is 33.9 Å². The average molecular weight is 491 g/mol. The van der Waals surface area contributed by atoms with Crippen LogP contribution < -0.4 is 16.0 Å². The number of aliphatic hydroxyl groups excluding tert-OH is 1. The molecule has 4 rings (SSSR count). The van der Waals surface area contributed by atoms with Gasteiger partial charge >= 0.3 is 0 Å². The first-order chi connectivity index (χ1) is 17.0. The van der Waals surface area contributed by atoms with Gasteiger partial charge in [0.25, 0.3) is 17.7 Å². The SMILES string of the molecule is Cc1[nH]c(/C=C2\C(=O)Nc3ccc(C(=O)N[C@H](C)c4ccc(F)cc4)cc32)c(C)c1NC(=O)[C@@H](C)O. The van der Waals surface area contributed by atoms with Crippen molar-refractivity contribution in [1.29, 1.82) is 0 Å². The minimum atomic E-state index is -1.16. The molecule has 186 valence electrons. The van der Waals surface area contributed by atoms with E-state index < -0.39 is 12.0 Å². The van der Waals surface area contributed by atoms with Crippen molar-refractivity contribution in [2.75, 3.05) is 10.6 Å². The van der Waals surface area contributed by atoms with Crippen molar-refractivity contribution in [2.45, 2.75) is 39.8 Å². The second kappa shape index (κ2) is 9.79. The van der Waals surface area contributed by atoms with Gasteiger partial charge in [-0.2, -0.15) is 0 Å². The molecule has 2 aromatic carbocycles. The van der Waals surface area contributed by atoms with Gasteiger partial charge in [-0.3, -0.25) is 14.4 Å². The van der Waals surface area contributed by atoms with E-state index in [9.17, 15) is 23.9 Å². The van der Waals surface area contributed by atoms with Crippen molar-refractivity contribution in [3.8, 4) is 0 Å². The molecule has 0 spiro atoms. The first-order valence-corrected chi connectivity index (χ1v) is 11.5. The summed E-state index contributed by atoms with van der Waals surface area (Å²) in [5.41, 5.74) is 5.19. The number of amides is 3. The Morgan fingerprint density at radius 3 is 2.44 bits per heavy atom. The van der Waals surface area contributed by atoms with E-state index in [4.69, 9.17) is 0 Å². The summed E-state index contributed by atoms with van der Waals surface area (Å²) < 4.78 is 13.2. The Morgan fingerprint density at radius 2 is 1.78 bits per heavy atom. The fraction of sp³-hybridized carbons (Fsp3) is 0.222. The molecule has 0 fully saturated rings. The summed E-state index contributed by atoms with van der Waals surface area (Å²) in [6, 6.07) is 10.5. The molecular formula is C27H27FN4O4. The Morgan fingerprint density at radius 1 is 1.08 bits per heavy atom. The second-order valence-corrected chi connectivity index (χ2v) is 8.85. The van der Waals surface area contributed by atoms with E-state index in [-0.39, 0.29) is 23.7 Å². The van der Waals surface area contributed by atoms with Gasteiger partial charge in [-0.05, 0) is 75.2 Å². The topological polar surface area (TPSA) is 123 Å². The van der Waals surface area contributed by atoms with Crippen LogP contribution in [0.25, 0.3) is 11.6 Å². The molecule has 0 saturated heterocycles. The molecular weight excluding hydrogens is 463 g/mol. The summed E-state index contributed by atoms with van der Waals surface area (Å²) >= 11 is 0. The van der Waals surface area contributed by atoms with Gasteiger partial charge in [0.1, 0.15) is 11.9 Å². The maximum Gasteiger partial charge on any atom is 0.256 e. The fourth-order valence-electron chi connectivity index (χ4n) is 4.07. The largest absolute Gasteiger partial charge is 0.384 e. The number of aromatic nitrogens is 1. The monoisotopic (exact) mass is 490 g/mol. The number of aliphatic hydroxyl groups is 1. The number of carbonyl (C=O) groups excluding carboxylic acids is 3. The van der Waals surface area contributed by atoms with Gasteiger partial charge in [-0.25, -0.2) is 4.39 Å². The molecule has 0 bridgehead atoms. The number of H-pyrrole nitrogens is 1. The number of halogens is 1. The van der Waals surface area contributed by atoms with Gasteiger partial charge in [0.2, 0.25) is 0 Å². The Labute approximate surface area is 207 Å². The van der Waals surface area contributed by atoms with Crippen LogP contribution in [0.3, 0.4) is 0 Å². The van der Waals surface area contributed by atoms with E-state index in [2.05, 4.69) is 20.9 Å².